The number of rotatable bonds is 5. The van der Waals surface area contributed by atoms with Gasteiger partial charge in [0.1, 0.15) is 11.6 Å². The second-order valence-corrected chi connectivity index (χ2v) is 5.23. The quantitative estimate of drug-likeness (QED) is 0.867. The molecule has 0 radical (unpaired) electrons. The summed E-state index contributed by atoms with van der Waals surface area (Å²) in [6.45, 7) is 2.61. The van der Waals surface area contributed by atoms with Gasteiger partial charge in [-0.3, -0.25) is 4.79 Å². The minimum absolute atomic E-state index is 0.163. The van der Waals surface area contributed by atoms with Crippen LogP contribution >= 0.6 is 0 Å². The normalized spacial score (nSPS) is 18.8. The molecule has 1 fully saturated rings. The maximum absolute atomic E-state index is 13.4. The number of hydrogen-bond donors (Lipinski definition) is 2. The highest BCUT2D eigenvalue weighted by Gasteiger charge is 2.15. The molecule has 20 heavy (non-hydrogen) atoms. The lowest BCUT2D eigenvalue weighted by atomic mass is 9.96. The van der Waals surface area contributed by atoms with Gasteiger partial charge in [-0.25, -0.2) is 8.78 Å². The summed E-state index contributed by atoms with van der Waals surface area (Å²) >= 11 is 0. The zero-order chi connectivity index (χ0) is 14.4. The first-order valence-corrected chi connectivity index (χ1v) is 7.07. The number of benzene rings is 1. The smallest absolute Gasteiger partial charge is 0.224 e. The van der Waals surface area contributed by atoms with Crippen LogP contribution in [0.25, 0.3) is 0 Å². The summed E-state index contributed by atoms with van der Waals surface area (Å²) in [4.78, 5) is 11.7. The second-order valence-electron chi connectivity index (χ2n) is 5.23. The summed E-state index contributed by atoms with van der Waals surface area (Å²) in [6, 6.07) is 3.63. The fourth-order valence-corrected chi connectivity index (χ4v) is 2.51. The van der Waals surface area contributed by atoms with Crippen molar-refractivity contribution in [1.29, 1.82) is 0 Å². The molecule has 0 bridgehead atoms. The Morgan fingerprint density at radius 3 is 2.75 bits per heavy atom. The van der Waals surface area contributed by atoms with Crippen molar-refractivity contribution in [3.63, 3.8) is 0 Å². The molecule has 1 heterocycles. The van der Waals surface area contributed by atoms with Gasteiger partial charge in [-0.15, -0.1) is 0 Å². The van der Waals surface area contributed by atoms with Crippen LogP contribution in [0.4, 0.5) is 8.78 Å². The SMILES string of the molecule is O=C(Cc1c(F)cccc1F)NCCC1CCCNC1. The maximum atomic E-state index is 13.4. The van der Waals surface area contributed by atoms with Crippen molar-refractivity contribution in [2.45, 2.75) is 25.7 Å². The van der Waals surface area contributed by atoms with E-state index < -0.39 is 11.6 Å². The molecule has 1 aliphatic heterocycles. The van der Waals surface area contributed by atoms with E-state index >= 15 is 0 Å². The van der Waals surface area contributed by atoms with E-state index in [2.05, 4.69) is 10.6 Å². The van der Waals surface area contributed by atoms with E-state index in [1.807, 2.05) is 0 Å². The number of amides is 1. The van der Waals surface area contributed by atoms with E-state index in [-0.39, 0.29) is 17.9 Å². The molecule has 110 valence electrons. The predicted octanol–water partition coefficient (Wildman–Crippen LogP) is 2.01. The molecule has 1 saturated heterocycles. The predicted molar refractivity (Wildman–Crippen MR) is 73.3 cm³/mol. The van der Waals surface area contributed by atoms with Crippen LogP contribution < -0.4 is 10.6 Å². The Hall–Kier alpha value is -1.49. The molecule has 1 aliphatic rings. The molecule has 0 saturated carbocycles. The van der Waals surface area contributed by atoms with E-state index in [1.165, 1.54) is 31.0 Å². The van der Waals surface area contributed by atoms with Crippen molar-refractivity contribution in [3.8, 4) is 0 Å². The number of hydrogen-bond acceptors (Lipinski definition) is 2. The van der Waals surface area contributed by atoms with Gasteiger partial charge in [0.2, 0.25) is 5.91 Å². The summed E-state index contributed by atoms with van der Waals surface area (Å²) in [5.41, 5.74) is -0.163. The van der Waals surface area contributed by atoms with Crippen LogP contribution in [-0.4, -0.2) is 25.5 Å². The number of carbonyl (C=O) groups is 1. The molecule has 1 amide bonds. The topological polar surface area (TPSA) is 41.1 Å². The molecule has 1 atom stereocenters. The number of carbonyl (C=O) groups excluding carboxylic acids is 1. The van der Waals surface area contributed by atoms with Crippen molar-refractivity contribution in [2.75, 3.05) is 19.6 Å². The summed E-state index contributed by atoms with van der Waals surface area (Å²) in [5, 5.41) is 6.05. The molecule has 1 unspecified atom stereocenters. The number of piperidine rings is 1. The van der Waals surface area contributed by atoms with E-state index in [4.69, 9.17) is 0 Å². The summed E-state index contributed by atoms with van der Waals surface area (Å²) in [7, 11) is 0. The third-order valence-electron chi connectivity index (χ3n) is 3.67. The van der Waals surface area contributed by atoms with Crippen LogP contribution in [0, 0.1) is 17.6 Å². The maximum Gasteiger partial charge on any atom is 0.224 e. The molecule has 2 N–H and O–H groups in total. The van der Waals surface area contributed by atoms with E-state index in [0.29, 0.717) is 12.5 Å². The molecule has 1 aromatic carbocycles. The van der Waals surface area contributed by atoms with Gasteiger partial charge in [0.25, 0.3) is 0 Å². The molecule has 2 rings (SSSR count). The van der Waals surface area contributed by atoms with Gasteiger partial charge in [-0.1, -0.05) is 6.07 Å². The largest absolute Gasteiger partial charge is 0.356 e. The van der Waals surface area contributed by atoms with Crippen LogP contribution in [0.5, 0.6) is 0 Å². The van der Waals surface area contributed by atoms with Gasteiger partial charge in [0.05, 0.1) is 6.42 Å². The molecule has 1 aromatic rings. The van der Waals surface area contributed by atoms with Crippen molar-refractivity contribution in [3.05, 3.63) is 35.4 Å². The average molecular weight is 282 g/mol. The van der Waals surface area contributed by atoms with Gasteiger partial charge in [0, 0.05) is 12.1 Å². The average Bonchev–Trinajstić information content (AvgIpc) is 2.44. The van der Waals surface area contributed by atoms with Gasteiger partial charge >= 0.3 is 0 Å². The molecular formula is C15H20F2N2O. The van der Waals surface area contributed by atoms with Crippen LogP contribution in [0.1, 0.15) is 24.8 Å². The lowest BCUT2D eigenvalue weighted by Gasteiger charge is -2.22. The lowest BCUT2D eigenvalue weighted by Crippen LogP contribution is -2.33. The molecule has 3 nitrogen and oxygen atoms in total. The molecule has 5 heteroatoms. The van der Waals surface area contributed by atoms with Gasteiger partial charge in [0.15, 0.2) is 0 Å². The first kappa shape index (κ1) is 14.9. The van der Waals surface area contributed by atoms with Crippen LogP contribution in [0.3, 0.4) is 0 Å². The third kappa shape index (κ3) is 4.27. The Balaban J connectivity index is 1.75. The second kappa shape index (κ2) is 7.33. The molecule has 0 aromatic heterocycles. The first-order chi connectivity index (χ1) is 9.66. The van der Waals surface area contributed by atoms with Crippen LogP contribution in [-0.2, 0) is 11.2 Å². The highest BCUT2D eigenvalue weighted by molar-refractivity contribution is 5.78. The van der Waals surface area contributed by atoms with Gasteiger partial charge < -0.3 is 10.6 Å². The van der Waals surface area contributed by atoms with Gasteiger partial charge in [-0.05, 0) is 50.4 Å². The Bertz CT molecular complexity index is 439. The third-order valence-corrected chi connectivity index (χ3v) is 3.67. The molecular weight excluding hydrogens is 262 g/mol. The van der Waals surface area contributed by atoms with Crippen LogP contribution in [0.15, 0.2) is 18.2 Å². The Kier molecular flexibility index (Phi) is 5.47. The Morgan fingerprint density at radius 2 is 2.10 bits per heavy atom. The standard InChI is InChI=1S/C15H20F2N2O/c16-13-4-1-5-14(17)12(13)9-15(20)19-8-6-11-3-2-7-18-10-11/h1,4-5,11,18H,2-3,6-10H2,(H,19,20). The summed E-state index contributed by atoms with van der Waals surface area (Å²) in [6.07, 6.45) is 2.99. The van der Waals surface area contributed by atoms with Crippen molar-refractivity contribution < 1.29 is 13.6 Å². The monoisotopic (exact) mass is 282 g/mol. The Labute approximate surface area is 117 Å². The Morgan fingerprint density at radius 1 is 1.35 bits per heavy atom. The van der Waals surface area contributed by atoms with E-state index in [9.17, 15) is 13.6 Å². The van der Waals surface area contributed by atoms with Crippen molar-refractivity contribution in [1.82, 2.24) is 10.6 Å². The highest BCUT2D eigenvalue weighted by atomic mass is 19.1. The summed E-state index contributed by atoms with van der Waals surface area (Å²) in [5.74, 6) is -1.10. The minimum atomic E-state index is -0.670. The minimum Gasteiger partial charge on any atom is -0.356 e. The first-order valence-electron chi connectivity index (χ1n) is 7.07. The van der Waals surface area contributed by atoms with Crippen LogP contribution in [0.2, 0.25) is 0 Å². The zero-order valence-electron chi connectivity index (χ0n) is 11.4. The van der Waals surface area contributed by atoms with Crippen molar-refractivity contribution in [2.24, 2.45) is 5.92 Å². The number of halogens is 2. The van der Waals surface area contributed by atoms with Gasteiger partial charge in [-0.2, -0.15) is 0 Å². The fraction of sp³-hybridized carbons (Fsp3) is 0.533. The lowest BCUT2D eigenvalue weighted by molar-refractivity contribution is -0.120. The van der Waals surface area contributed by atoms with E-state index in [1.54, 1.807) is 0 Å². The van der Waals surface area contributed by atoms with Crippen molar-refractivity contribution >= 4 is 5.91 Å². The molecule has 0 aliphatic carbocycles. The number of nitrogens with one attached hydrogen (secondary N) is 2. The fourth-order valence-electron chi connectivity index (χ4n) is 2.51. The molecule has 0 spiro atoms. The highest BCUT2D eigenvalue weighted by Crippen LogP contribution is 2.14. The summed E-state index contributed by atoms with van der Waals surface area (Å²) < 4.78 is 26.8. The van der Waals surface area contributed by atoms with E-state index in [0.717, 1.165) is 19.5 Å². The zero-order valence-corrected chi connectivity index (χ0v) is 11.4.